The molecule has 4 nitrogen and oxygen atoms in total. The van der Waals surface area contributed by atoms with E-state index in [2.05, 4.69) is 5.32 Å². The SMILES string of the molecule is CCCNC(=O)CN(C)C(C)C(=O)c1ccccc1. The third-order valence-electron chi connectivity index (χ3n) is 3.06. The molecule has 0 aliphatic rings. The van der Waals surface area contributed by atoms with Gasteiger partial charge in [-0.2, -0.15) is 0 Å². The Morgan fingerprint density at radius 3 is 2.47 bits per heavy atom. The molecule has 19 heavy (non-hydrogen) atoms. The maximum absolute atomic E-state index is 12.2. The van der Waals surface area contributed by atoms with Crippen molar-refractivity contribution in [3.05, 3.63) is 35.9 Å². The second-order valence-corrected chi connectivity index (χ2v) is 4.67. The molecule has 1 atom stereocenters. The van der Waals surface area contributed by atoms with E-state index in [1.54, 1.807) is 24.1 Å². The van der Waals surface area contributed by atoms with Crippen LogP contribution in [0.4, 0.5) is 0 Å². The van der Waals surface area contributed by atoms with E-state index in [1.807, 2.05) is 32.0 Å². The summed E-state index contributed by atoms with van der Waals surface area (Å²) in [5.74, 6) is -0.0107. The number of likely N-dealkylation sites (N-methyl/N-ethyl adjacent to an activating group) is 1. The zero-order chi connectivity index (χ0) is 14.3. The van der Waals surface area contributed by atoms with E-state index in [0.29, 0.717) is 12.1 Å². The van der Waals surface area contributed by atoms with Gasteiger partial charge in [-0.3, -0.25) is 14.5 Å². The summed E-state index contributed by atoms with van der Waals surface area (Å²) in [6.45, 7) is 4.74. The van der Waals surface area contributed by atoms with Gasteiger partial charge >= 0.3 is 0 Å². The Labute approximate surface area is 114 Å². The molecular weight excluding hydrogens is 240 g/mol. The van der Waals surface area contributed by atoms with Crippen LogP contribution in [0.25, 0.3) is 0 Å². The Hall–Kier alpha value is -1.68. The largest absolute Gasteiger partial charge is 0.355 e. The van der Waals surface area contributed by atoms with Crippen LogP contribution in [-0.2, 0) is 4.79 Å². The molecule has 0 saturated heterocycles. The van der Waals surface area contributed by atoms with Crippen molar-refractivity contribution in [1.82, 2.24) is 10.2 Å². The molecule has 0 saturated carbocycles. The number of Topliss-reactive ketones (excluding diaryl/α,β-unsaturated/α-hetero) is 1. The van der Waals surface area contributed by atoms with Gasteiger partial charge in [0.05, 0.1) is 12.6 Å². The maximum atomic E-state index is 12.2. The summed E-state index contributed by atoms with van der Waals surface area (Å²) in [6.07, 6.45) is 0.911. The van der Waals surface area contributed by atoms with E-state index in [1.165, 1.54) is 0 Å². The summed E-state index contributed by atoms with van der Waals surface area (Å²) in [5, 5.41) is 2.80. The van der Waals surface area contributed by atoms with Crippen molar-refractivity contribution in [3.8, 4) is 0 Å². The summed E-state index contributed by atoms with van der Waals surface area (Å²) < 4.78 is 0. The summed E-state index contributed by atoms with van der Waals surface area (Å²) in [6, 6.07) is 8.84. The van der Waals surface area contributed by atoms with Gasteiger partial charge in [0.15, 0.2) is 5.78 Å². The van der Waals surface area contributed by atoms with Gasteiger partial charge in [-0.25, -0.2) is 0 Å². The number of benzene rings is 1. The Morgan fingerprint density at radius 2 is 1.89 bits per heavy atom. The number of nitrogens with one attached hydrogen (secondary N) is 1. The van der Waals surface area contributed by atoms with Gasteiger partial charge in [0, 0.05) is 12.1 Å². The van der Waals surface area contributed by atoms with Gasteiger partial charge in [-0.15, -0.1) is 0 Å². The number of hydrogen-bond acceptors (Lipinski definition) is 3. The first kappa shape index (κ1) is 15.4. The van der Waals surface area contributed by atoms with Gasteiger partial charge in [-0.05, 0) is 20.4 Å². The van der Waals surface area contributed by atoms with E-state index >= 15 is 0 Å². The molecule has 0 bridgehead atoms. The molecule has 1 N–H and O–H groups in total. The Morgan fingerprint density at radius 1 is 1.26 bits per heavy atom. The average molecular weight is 262 g/mol. The third-order valence-corrected chi connectivity index (χ3v) is 3.06. The number of carbonyl (C=O) groups is 2. The lowest BCUT2D eigenvalue weighted by Gasteiger charge is -2.23. The molecular formula is C15H22N2O2. The predicted octanol–water partition coefficient (Wildman–Crippen LogP) is 1.72. The second-order valence-electron chi connectivity index (χ2n) is 4.67. The molecule has 4 heteroatoms. The zero-order valence-electron chi connectivity index (χ0n) is 11.8. The van der Waals surface area contributed by atoms with Crippen LogP contribution >= 0.6 is 0 Å². The average Bonchev–Trinajstić information content (AvgIpc) is 2.44. The van der Waals surface area contributed by atoms with Crippen molar-refractivity contribution in [2.45, 2.75) is 26.3 Å². The molecule has 104 valence electrons. The first-order chi connectivity index (χ1) is 9.06. The number of ketones is 1. The van der Waals surface area contributed by atoms with Crippen LogP contribution in [0.1, 0.15) is 30.6 Å². The minimum absolute atomic E-state index is 0.0337. The number of amides is 1. The van der Waals surface area contributed by atoms with Crippen molar-refractivity contribution < 1.29 is 9.59 Å². The van der Waals surface area contributed by atoms with Gasteiger partial charge in [0.1, 0.15) is 0 Å². The standard InChI is InChI=1S/C15H22N2O2/c1-4-10-16-14(18)11-17(3)12(2)15(19)13-8-6-5-7-9-13/h5-9,12H,4,10-11H2,1-3H3,(H,16,18). The molecule has 1 aromatic rings. The summed E-state index contributed by atoms with van der Waals surface area (Å²) in [5.41, 5.74) is 0.677. The molecule has 0 aliphatic carbocycles. The minimum atomic E-state index is -0.310. The number of rotatable bonds is 7. The fourth-order valence-electron chi connectivity index (χ4n) is 1.73. The summed E-state index contributed by atoms with van der Waals surface area (Å²) >= 11 is 0. The Bertz CT molecular complexity index is 417. The van der Waals surface area contributed by atoms with Crippen molar-refractivity contribution in [2.24, 2.45) is 0 Å². The molecule has 1 amide bonds. The number of nitrogens with zero attached hydrogens (tertiary/aromatic N) is 1. The summed E-state index contributed by atoms with van der Waals surface area (Å²) in [7, 11) is 1.79. The fraction of sp³-hybridized carbons (Fsp3) is 0.467. The molecule has 0 radical (unpaired) electrons. The van der Waals surface area contributed by atoms with E-state index in [-0.39, 0.29) is 24.3 Å². The van der Waals surface area contributed by atoms with Crippen LogP contribution < -0.4 is 5.32 Å². The Balaban J connectivity index is 2.55. The van der Waals surface area contributed by atoms with E-state index in [9.17, 15) is 9.59 Å². The van der Waals surface area contributed by atoms with E-state index in [4.69, 9.17) is 0 Å². The van der Waals surface area contributed by atoms with Crippen molar-refractivity contribution in [1.29, 1.82) is 0 Å². The van der Waals surface area contributed by atoms with Crippen LogP contribution in [0.5, 0.6) is 0 Å². The summed E-state index contributed by atoms with van der Waals surface area (Å²) in [4.78, 5) is 25.6. The normalized spacial score (nSPS) is 12.2. The monoisotopic (exact) mass is 262 g/mol. The van der Waals surface area contributed by atoms with E-state index in [0.717, 1.165) is 6.42 Å². The smallest absolute Gasteiger partial charge is 0.234 e. The lowest BCUT2D eigenvalue weighted by atomic mass is 10.0. The molecule has 0 heterocycles. The highest BCUT2D eigenvalue weighted by Crippen LogP contribution is 2.07. The van der Waals surface area contributed by atoms with Crippen LogP contribution in [0, 0.1) is 0 Å². The van der Waals surface area contributed by atoms with Crippen LogP contribution in [-0.4, -0.2) is 42.8 Å². The van der Waals surface area contributed by atoms with Gasteiger partial charge < -0.3 is 5.32 Å². The van der Waals surface area contributed by atoms with Crippen LogP contribution in [0.3, 0.4) is 0 Å². The molecule has 0 aliphatic heterocycles. The fourth-order valence-corrected chi connectivity index (χ4v) is 1.73. The third kappa shape index (κ3) is 4.83. The highest BCUT2D eigenvalue weighted by atomic mass is 16.2. The number of hydrogen-bond donors (Lipinski definition) is 1. The maximum Gasteiger partial charge on any atom is 0.234 e. The molecule has 0 fully saturated rings. The first-order valence-electron chi connectivity index (χ1n) is 6.62. The molecule has 0 aromatic heterocycles. The lowest BCUT2D eigenvalue weighted by Crippen LogP contribution is -2.43. The van der Waals surface area contributed by atoms with Crippen LogP contribution in [0.15, 0.2) is 30.3 Å². The second kappa shape index (κ2) is 7.69. The minimum Gasteiger partial charge on any atom is -0.355 e. The predicted molar refractivity (Wildman–Crippen MR) is 76.2 cm³/mol. The van der Waals surface area contributed by atoms with Gasteiger partial charge in [0.2, 0.25) is 5.91 Å². The topological polar surface area (TPSA) is 49.4 Å². The van der Waals surface area contributed by atoms with Gasteiger partial charge in [0.25, 0.3) is 0 Å². The van der Waals surface area contributed by atoms with Crippen molar-refractivity contribution in [3.63, 3.8) is 0 Å². The highest BCUT2D eigenvalue weighted by molar-refractivity contribution is 6.00. The lowest BCUT2D eigenvalue weighted by molar-refractivity contribution is -0.122. The quantitative estimate of drug-likeness (QED) is 0.761. The number of carbonyl (C=O) groups excluding carboxylic acids is 2. The zero-order valence-corrected chi connectivity index (χ0v) is 11.8. The molecule has 1 aromatic carbocycles. The highest BCUT2D eigenvalue weighted by Gasteiger charge is 2.20. The molecule has 0 spiro atoms. The molecule has 1 rings (SSSR count). The van der Waals surface area contributed by atoms with Crippen molar-refractivity contribution >= 4 is 11.7 Å². The van der Waals surface area contributed by atoms with Crippen LogP contribution in [0.2, 0.25) is 0 Å². The van der Waals surface area contributed by atoms with Crippen molar-refractivity contribution in [2.75, 3.05) is 20.1 Å². The molecule has 1 unspecified atom stereocenters. The Kier molecular flexibility index (Phi) is 6.22. The van der Waals surface area contributed by atoms with E-state index < -0.39 is 0 Å². The van der Waals surface area contributed by atoms with Gasteiger partial charge in [-0.1, -0.05) is 37.3 Å². The first-order valence-corrected chi connectivity index (χ1v) is 6.62.